The Hall–Kier alpha value is -0.800. The van der Waals surface area contributed by atoms with Gasteiger partial charge in [-0.2, -0.15) is 0 Å². The maximum atomic E-state index is 3.40. The van der Waals surface area contributed by atoms with Crippen LogP contribution in [0.1, 0.15) is 0 Å². The summed E-state index contributed by atoms with van der Waals surface area (Å²) in [4.78, 5) is 0. The molecule has 0 spiro atoms. The molecular formula is C9H9BrN2. The molecule has 1 aromatic rings. The summed E-state index contributed by atoms with van der Waals surface area (Å²) in [6, 6.07) is 8.19. The summed E-state index contributed by atoms with van der Waals surface area (Å²) in [6.07, 6.45) is 4.12. The molecule has 3 heteroatoms. The predicted octanol–water partition coefficient (Wildman–Crippen LogP) is 2.29. The predicted molar refractivity (Wildman–Crippen MR) is 53.8 cm³/mol. The van der Waals surface area contributed by atoms with Gasteiger partial charge in [-0.1, -0.05) is 22.0 Å². The van der Waals surface area contributed by atoms with Gasteiger partial charge >= 0.3 is 0 Å². The molecule has 0 aliphatic carbocycles. The van der Waals surface area contributed by atoms with Gasteiger partial charge in [-0.3, -0.25) is 5.01 Å². The van der Waals surface area contributed by atoms with Crippen molar-refractivity contribution >= 4 is 21.6 Å². The Morgan fingerprint density at radius 1 is 1.25 bits per heavy atom. The number of hydrogen-bond donors (Lipinski definition) is 1. The van der Waals surface area contributed by atoms with Crippen LogP contribution < -0.4 is 10.4 Å². The Morgan fingerprint density at radius 3 is 2.58 bits per heavy atom. The molecule has 2 rings (SSSR count). The van der Waals surface area contributed by atoms with Gasteiger partial charge in [0, 0.05) is 17.2 Å². The molecule has 0 aromatic heterocycles. The molecule has 0 saturated heterocycles. The monoisotopic (exact) mass is 224 g/mol. The SMILES string of the molecule is Brc1ccc(N2C=CCN2)cc1. The molecule has 1 aliphatic heterocycles. The van der Waals surface area contributed by atoms with Gasteiger partial charge in [0.2, 0.25) is 0 Å². The first kappa shape index (κ1) is 7.83. The molecular weight excluding hydrogens is 216 g/mol. The molecule has 1 aromatic carbocycles. The minimum atomic E-state index is 0.913. The van der Waals surface area contributed by atoms with Crippen molar-refractivity contribution in [3.8, 4) is 0 Å². The summed E-state index contributed by atoms with van der Waals surface area (Å²) in [5.41, 5.74) is 4.36. The fourth-order valence-electron chi connectivity index (χ4n) is 1.14. The van der Waals surface area contributed by atoms with Crippen molar-refractivity contribution in [3.05, 3.63) is 41.0 Å². The van der Waals surface area contributed by atoms with Gasteiger partial charge in [-0.15, -0.1) is 0 Å². The lowest BCUT2D eigenvalue weighted by atomic mass is 10.3. The van der Waals surface area contributed by atoms with Crippen LogP contribution in [0.25, 0.3) is 0 Å². The van der Waals surface area contributed by atoms with E-state index in [-0.39, 0.29) is 0 Å². The molecule has 0 bridgehead atoms. The Balaban J connectivity index is 2.23. The lowest BCUT2D eigenvalue weighted by Gasteiger charge is -2.15. The number of benzene rings is 1. The summed E-state index contributed by atoms with van der Waals surface area (Å²) in [7, 11) is 0. The van der Waals surface area contributed by atoms with Crippen LogP contribution in [0, 0.1) is 0 Å². The maximum Gasteiger partial charge on any atom is 0.0571 e. The van der Waals surface area contributed by atoms with E-state index in [9.17, 15) is 0 Å². The molecule has 62 valence electrons. The fraction of sp³-hybridized carbons (Fsp3) is 0.111. The molecule has 1 heterocycles. The van der Waals surface area contributed by atoms with E-state index in [2.05, 4.69) is 39.6 Å². The number of nitrogens with zero attached hydrogens (tertiary/aromatic N) is 1. The van der Waals surface area contributed by atoms with E-state index >= 15 is 0 Å². The maximum absolute atomic E-state index is 3.40. The van der Waals surface area contributed by atoms with Crippen molar-refractivity contribution in [1.82, 2.24) is 5.43 Å². The van der Waals surface area contributed by atoms with E-state index in [1.54, 1.807) is 0 Å². The first-order chi connectivity index (χ1) is 5.86. The van der Waals surface area contributed by atoms with Crippen molar-refractivity contribution < 1.29 is 0 Å². The van der Waals surface area contributed by atoms with Gasteiger partial charge in [-0.25, -0.2) is 5.43 Å². The second-order valence-corrected chi connectivity index (χ2v) is 3.51. The molecule has 2 nitrogen and oxygen atoms in total. The summed E-state index contributed by atoms with van der Waals surface area (Å²) < 4.78 is 1.11. The molecule has 0 atom stereocenters. The smallest absolute Gasteiger partial charge is 0.0571 e. The zero-order valence-electron chi connectivity index (χ0n) is 6.50. The average molecular weight is 225 g/mol. The van der Waals surface area contributed by atoms with Crippen LogP contribution >= 0.6 is 15.9 Å². The molecule has 0 radical (unpaired) electrons. The zero-order chi connectivity index (χ0) is 8.39. The zero-order valence-corrected chi connectivity index (χ0v) is 8.08. The number of halogens is 1. The normalized spacial score (nSPS) is 15.6. The quantitative estimate of drug-likeness (QED) is 0.788. The standard InChI is InChI=1S/C9H9BrN2/c10-8-2-4-9(5-3-8)12-7-1-6-11-12/h1-5,7,11H,6H2. The molecule has 0 amide bonds. The molecule has 12 heavy (non-hydrogen) atoms. The van der Waals surface area contributed by atoms with E-state index in [0.29, 0.717) is 0 Å². The van der Waals surface area contributed by atoms with Crippen LogP contribution in [0.15, 0.2) is 41.0 Å². The van der Waals surface area contributed by atoms with Crippen molar-refractivity contribution in [3.63, 3.8) is 0 Å². The third-order valence-corrected chi connectivity index (χ3v) is 2.27. The number of anilines is 1. The summed E-state index contributed by atoms with van der Waals surface area (Å²) in [5, 5.41) is 2.01. The first-order valence-corrected chi connectivity index (χ1v) is 4.60. The van der Waals surface area contributed by atoms with E-state index < -0.39 is 0 Å². The second kappa shape index (κ2) is 3.29. The average Bonchev–Trinajstić information content (AvgIpc) is 2.58. The highest BCUT2D eigenvalue weighted by Gasteiger charge is 2.04. The van der Waals surface area contributed by atoms with Gasteiger partial charge in [-0.05, 0) is 24.3 Å². The number of hydrazine groups is 1. The minimum Gasteiger partial charge on any atom is -0.284 e. The van der Waals surface area contributed by atoms with Crippen LogP contribution in [0.3, 0.4) is 0 Å². The fourth-order valence-corrected chi connectivity index (χ4v) is 1.41. The van der Waals surface area contributed by atoms with Crippen LogP contribution in [0.4, 0.5) is 5.69 Å². The van der Waals surface area contributed by atoms with Crippen LogP contribution in [0.2, 0.25) is 0 Å². The largest absolute Gasteiger partial charge is 0.284 e. The molecule has 0 fully saturated rings. The molecule has 1 aliphatic rings. The van der Waals surface area contributed by atoms with Crippen molar-refractivity contribution in [2.24, 2.45) is 0 Å². The highest BCUT2D eigenvalue weighted by Crippen LogP contribution is 2.18. The Bertz CT molecular complexity index is 292. The van der Waals surface area contributed by atoms with Crippen molar-refractivity contribution in [1.29, 1.82) is 0 Å². The Kier molecular flexibility index (Phi) is 2.15. The summed E-state index contributed by atoms with van der Waals surface area (Å²) in [6.45, 7) is 0.913. The van der Waals surface area contributed by atoms with Gasteiger partial charge in [0.15, 0.2) is 0 Å². The van der Waals surface area contributed by atoms with Crippen molar-refractivity contribution in [2.75, 3.05) is 11.6 Å². The van der Waals surface area contributed by atoms with Crippen molar-refractivity contribution in [2.45, 2.75) is 0 Å². The van der Waals surface area contributed by atoms with E-state index in [1.165, 1.54) is 0 Å². The van der Waals surface area contributed by atoms with E-state index in [1.807, 2.05) is 23.3 Å². The lowest BCUT2D eigenvalue weighted by molar-refractivity contribution is 0.814. The van der Waals surface area contributed by atoms with Gasteiger partial charge in [0.25, 0.3) is 0 Å². The lowest BCUT2D eigenvalue weighted by Crippen LogP contribution is -2.27. The molecule has 1 N–H and O–H groups in total. The van der Waals surface area contributed by atoms with Crippen LogP contribution in [-0.4, -0.2) is 6.54 Å². The van der Waals surface area contributed by atoms with Gasteiger partial charge in [0.05, 0.1) is 5.69 Å². The van der Waals surface area contributed by atoms with Gasteiger partial charge in [0.1, 0.15) is 0 Å². The summed E-state index contributed by atoms with van der Waals surface area (Å²) in [5.74, 6) is 0. The van der Waals surface area contributed by atoms with Crippen LogP contribution in [0.5, 0.6) is 0 Å². The third kappa shape index (κ3) is 1.52. The minimum absolute atomic E-state index is 0.913. The number of hydrogen-bond acceptors (Lipinski definition) is 2. The Morgan fingerprint density at radius 2 is 2.00 bits per heavy atom. The first-order valence-electron chi connectivity index (χ1n) is 3.81. The van der Waals surface area contributed by atoms with E-state index in [0.717, 1.165) is 16.7 Å². The Labute approximate surface area is 80.0 Å². The topological polar surface area (TPSA) is 15.3 Å². The molecule has 0 saturated carbocycles. The van der Waals surface area contributed by atoms with Gasteiger partial charge < -0.3 is 0 Å². The number of nitrogens with one attached hydrogen (secondary N) is 1. The summed E-state index contributed by atoms with van der Waals surface area (Å²) >= 11 is 3.40. The molecule has 0 unspecified atom stereocenters. The third-order valence-electron chi connectivity index (χ3n) is 1.74. The second-order valence-electron chi connectivity index (χ2n) is 2.59. The van der Waals surface area contributed by atoms with E-state index in [4.69, 9.17) is 0 Å². The highest BCUT2D eigenvalue weighted by atomic mass is 79.9. The highest BCUT2D eigenvalue weighted by molar-refractivity contribution is 9.10. The van der Waals surface area contributed by atoms with Crippen LogP contribution in [-0.2, 0) is 0 Å². The number of rotatable bonds is 1.